The Hall–Kier alpha value is -2.29. The van der Waals surface area contributed by atoms with E-state index >= 15 is 0 Å². The number of anilines is 1. The molecule has 0 saturated heterocycles. The van der Waals surface area contributed by atoms with E-state index in [9.17, 15) is 0 Å². The zero-order valence-electron chi connectivity index (χ0n) is 11.5. The van der Waals surface area contributed by atoms with Crippen molar-refractivity contribution in [2.45, 2.75) is 18.8 Å². The number of imidazole rings is 1. The van der Waals surface area contributed by atoms with Crippen molar-refractivity contribution in [3.05, 3.63) is 48.3 Å². The largest absolute Gasteiger partial charge is 0.399 e. The first-order valence-electron chi connectivity index (χ1n) is 7.04. The van der Waals surface area contributed by atoms with Crippen molar-refractivity contribution in [1.82, 2.24) is 9.55 Å². The summed E-state index contributed by atoms with van der Waals surface area (Å²) in [7, 11) is 2.12. The Kier molecular flexibility index (Phi) is 2.36. The van der Waals surface area contributed by atoms with E-state index < -0.39 is 0 Å². The summed E-state index contributed by atoms with van der Waals surface area (Å²) in [5, 5.41) is 0. The van der Waals surface area contributed by atoms with Crippen molar-refractivity contribution >= 4 is 16.7 Å². The minimum absolute atomic E-state index is 0.673. The van der Waals surface area contributed by atoms with Gasteiger partial charge in [-0.2, -0.15) is 0 Å². The number of aromatic nitrogens is 2. The molecule has 1 aromatic heterocycles. The summed E-state index contributed by atoms with van der Waals surface area (Å²) in [5.41, 5.74) is 11.2. The third-order valence-electron chi connectivity index (χ3n) is 4.10. The molecule has 1 aliphatic carbocycles. The van der Waals surface area contributed by atoms with Gasteiger partial charge in [0.05, 0.1) is 11.0 Å². The molecule has 0 amide bonds. The van der Waals surface area contributed by atoms with Crippen LogP contribution in [0.25, 0.3) is 22.2 Å². The second kappa shape index (κ2) is 4.10. The zero-order chi connectivity index (χ0) is 13.7. The summed E-state index contributed by atoms with van der Waals surface area (Å²) in [5.74, 6) is 1.90. The van der Waals surface area contributed by atoms with Gasteiger partial charge in [0, 0.05) is 18.7 Å². The van der Waals surface area contributed by atoms with Crippen LogP contribution in [0.4, 0.5) is 5.69 Å². The quantitative estimate of drug-likeness (QED) is 0.716. The molecule has 1 aliphatic rings. The van der Waals surface area contributed by atoms with Gasteiger partial charge in [-0.15, -0.1) is 0 Å². The normalized spacial score (nSPS) is 14.8. The summed E-state index contributed by atoms with van der Waals surface area (Å²) < 4.78 is 2.24. The minimum atomic E-state index is 0.673. The molecule has 4 rings (SSSR count). The first-order chi connectivity index (χ1) is 9.72. The van der Waals surface area contributed by atoms with Crippen LogP contribution in [0.5, 0.6) is 0 Å². The number of nitrogens with zero attached hydrogens (tertiary/aromatic N) is 2. The zero-order valence-corrected chi connectivity index (χ0v) is 11.5. The number of aryl methyl sites for hydroxylation is 1. The Labute approximate surface area is 118 Å². The Morgan fingerprint density at radius 1 is 1.05 bits per heavy atom. The van der Waals surface area contributed by atoms with Crippen molar-refractivity contribution in [2.75, 3.05) is 5.73 Å². The van der Waals surface area contributed by atoms with E-state index in [0.29, 0.717) is 5.92 Å². The molecule has 3 nitrogen and oxygen atoms in total. The molecule has 2 N–H and O–H groups in total. The maximum Gasteiger partial charge on any atom is 0.112 e. The van der Waals surface area contributed by atoms with Crippen LogP contribution in [0.3, 0.4) is 0 Å². The lowest BCUT2D eigenvalue weighted by atomic mass is 10.0. The topological polar surface area (TPSA) is 43.8 Å². The standard InChI is InChI=1S/C17H17N3/c1-20-16-10-13(11-4-7-14(18)8-5-11)6-9-15(16)19-17(20)12-2-3-12/h4-10,12H,2-3,18H2,1H3. The number of fused-ring (bicyclic) bond motifs is 1. The lowest BCUT2D eigenvalue weighted by Gasteiger charge is -2.04. The molecule has 3 aromatic rings. The van der Waals surface area contributed by atoms with Gasteiger partial charge in [-0.25, -0.2) is 4.98 Å². The Balaban J connectivity index is 1.85. The maximum absolute atomic E-state index is 5.75. The van der Waals surface area contributed by atoms with Crippen LogP contribution in [0.1, 0.15) is 24.6 Å². The van der Waals surface area contributed by atoms with Crippen LogP contribution in [0.15, 0.2) is 42.5 Å². The highest BCUT2D eigenvalue weighted by atomic mass is 15.1. The summed E-state index contributed by atoms with van der Waals surface area (Å²) in [6.07, 6.45) is 2.56. The highest BCUT2D eigenvalue weighted by molar-refractivity contribution is 5.83. The lowest BCUT2D eigenvalue weighted by molar-refractivity contribution is 0.820. The van der Waals surface area contributed by atoms with E-state index in [-0.39, 0.29) is 0 Å². The molecule has 100 valence electrons. The number of nitrogen functional groups attached to an aromatic ring is 1. The van der Waals surface area contributed by atoms with E-state index in [2.05, 4.69) is 41.9 Å². The van der Waals surface area contributed by atoms with Crippen LogP contribution in [0.2, 0.25) is 0 Å². The Bertz CT molecular complexity index is 780. The third-order valence-corrected chi connectivity index (χ3v) is 4.10. The van der Waals surface area contributed by atoms with Crippen molar-refractivity contribution in [2.24, 2.45) is 7.05 Å². The van der Waals surface area contributed by atoms with Gasteiger partial charge < -0.3 is 10.3 Å². The van der Waals surface area contributed by atoms with Crippen molar-refractivity contribution in [3.63, 3.8) is 0 Å². The van der Waals surface area contributed by atoms with Crippen LogP contribution in [-0.2, 0) is 7.05 Å². The van der Waals surface area contributed by atoms with Gasteiger partial charge in [0.2, 0.25) is 0 Å². The molecule has 20 heavy (non-hydrogen) atoms. The average Bonchev–Trinajstić information content (AvgIpc) is 3.25. The van der Waals surface area contributed by atoms with E-state index in [0.717, 1.165) is 11.2 Å². The summed E-state index contributed by atoms with van der Waals surface area (Å²) in [6, 6.07) is 14.5. The van der Waals surface area contributed by atoms with Crippen molar-refractivity contribution < 1.29 is 0 Å². The monoisotopic (exact) mass is 263 g/mol. The molecule has 0 radical (unpaired) electrons. The number of hydrogen-bond acceptors (Lipinski definition) is 2. The van der Waals surface area contributed by atoms with Gasteiger partial charge in [0.15, 0.2) is 0 Å². The molecule has 2 aromatic carbocycles. The van der Waals surface area contributed by atoms with Crippen molar-refractivity contribution in [1.29, 1.82) is 0 Å². The Morgan fingerprint density at radius 3 is 2.45 bits per heavy atom. The van der Waals surface area contributed by atoms with Gasteiger partial charge in [0.25, 0.3) is 0 Å². The van der Waals surface area contributed by atoms with E-state index in [1.54, 1.807) is 0 Å². The van der Waals surface area contributed by atoms with Gasteiger partial charge >= 0.3 is 0 Å². The highest BCUT2D eigenvalue weighted by Gasteiger charge is 2.28. The molecule has 1 fully saturated rings. The molecular formula is C17H17N3. The van der Waals surface area contributed by atoms with Crippen LogP contribution in [0, 0.1) is 0 Å². The van der Waals surface area contributed by atoms with Crippen LogP contribution < -0.4 is 5.73 Å². The second-order valence-corrected chi connectivity index (χ2v) is 5.63. The smallest absolute Gasteiger partial charge is 0.112 e. The predicted octanol–water partition coefficient (Wildman–Crippen LogP) is 3.70. The Morgan fingerprint density at radius 2 is 1.75 bits per heavy atom. The van der Waals surface area contributed by atoms with Crippen LogP contribution in [-0.4, -0.2) is 9.55 Å². The predicted molar refractivity (Wildman–Crippen MR) is 82.5 cm³/mol. The minimum Gasteiger partial charge on any atom is -0.399 e. The fraction of sp³-hybridized carbons (Fsp3) is 0.235. The fourth-order valence-electron chi connectivity index (χ4n) is 2.77. The SMILES string of the molecule is Cn1c(C2CC2)nc2ccc(-c3ccc(N)cc3)cc21. The first kappa shape index (κ1) is 11.5. The third kappa shape index (κ3) is 1.78. The maximum atomic E-state index is 5.75. The van der Waals surface area contributed by atoms with Gasteiger partial charge in [-0.05, 0) is 48.2 Å². The highest BCUT2D eigenvalue weighted by Crippen LogP contribution is 2.40. The van der Waals surface area contributed by atoms with Crippen LogP contribution >= 0.6 is 0 Å². The molecule has 0 spiro atoms. The average molecular weight is 263 g/mol. The molecule has 0 atom stereocenters. The molecule has 1 saturated carbocycles. The number of hydrogen-bond donors (Lipinski definition) is 1. The lowest BCUT2D eigenvalue weighted by Crippen LogP contribution is -1.94. The molecular weight excluding hydrogens is 246 g/mol. The molecule has 3 heteroatoms. The van der Waals surface area contributed by atoms with Gasteiger partial charge in [0.1, 0.15) is 5.82 Å². The summed E-state index contributed by atoms with van der Waals surface area (Å²) in [4.78, 5) is 4.77. The molecule has 1 heterocycles. The van der Waals surface area contributed by atoms with Crippen molar-refractivity contribution in [3.8, 4) is 11.1 Å². The van der Waals surface area contributed by atoms with E-state index in [1.807, 2.05) is 12.1 Å². The van der Waals surface area contributed by atoms with E-state index in [1.165, 1.54) is 35.3 Å². The summed E-state index contributed by atoms with van der Waals surface area (Å²) in [6.45, 7) is 0. The van der Waals surface area contributed by atoms with Gasteiger partial charge in [-0.3, -0.25) is 0 Å². The molecule has 0 bridgehead atoms. The molecule has 0 aliphatic heterocycles. The first-order valence-corrected chi connectivity index (χ1v) is 7.04. The van der Waals surface area contributed by atoms with E-state index in [4.69, 9.17) is 10.7 Å². The second-order valence-electron chi connectivity index (χ2n) is 5.63. The number of nitrogens with two attached hydrogens (primary N) is 1. The molecule has 0 unspecified atom stereocenters. The number of rotatable bonds is 2. The fourth-order valence-corrected chi connectivity index (χ4v) is 2.77. The van der Waals surface area contributed by atoms with Gasteiger partial charge in [-0.1, -0.05) is 18.2 Å². The number of benzene rings is 2. The summed E-state index contributed by atoms with van der Waals surface area (Å²) >= 11 is 0.